The van der Waals surface area contributed by atoms with Gasteiger partial charge >= 0.3 is 0 Å². The number of benzene rings is 1. The second-order valence-electron chi connectivity index (χ2n) is 6.92. The largest absolute Gasteiger partial charge is 0.494 e. The highest BCUT2D eigenvalue weighted by Crippen LogP contribution is 2.23. The number of aryl methyl sites for hydroxylation is 1. The molecule has 21 heavy (non-hydrogen) atoms. The number of likely N-dealkylation sites (tertiary alicyclic amines) is 1. The predicted octanol–water partition coefficient (Wildman–Crippen LogP) is 4.62. The van der Waals surface area contributed by atoms with Crippen LogP contribution in [0.25, 0.3) is 0 Å². The van der Waals surface area contributed by atoms with Gasteiger partial charge in [0.15, 0.2) is 0 Å². The van der Waals surface area contributed by atoms with Crippen LogP contribution in [0, 0.1) is 12.8 Å². The summed E-state index contributed by atoms with van der Waals surface area (Å²) in [6.45, 7) is 13.6. The first-order valence-electron chi connectivity index (χ1n) is 8.52. The van der Waals surface area contributed by atoms with Gasteiger partial charge in [-0.3, -0.25) is 0 Å². The normalized spacial score (nSPS) is 20.0. The Morgan fingerprint density at radius 1 is 1.33 bits per heavy atom. The van der Waals surface area contributed by atoms with Crippen molar-refractivity contribution in [2.24, 2.45) is 5.92 Å². The van der Waals surface area contributed by atoms with E-state index in [1.165, 1.54) is 43.6 Å². The number of rotatable bonds is 6. The topological polar surface area (TPSA) is 12.5 Å². The predicted molar refractivity (Wildman–Crippen MR) is 90.2 cm³/mol. The van der Waals surface area contributed by atoms with E-state index in [2.05, 4.69) is 50.8 Å². The van der Waals surface area contributed by atoms with Crippen LogP contribution in [0.5, 0.6) is 5.75 Å². The molecule has 0 N–H and O–H groups in total. The third kappa shape index (κ3) is 5.03. The lowest BCUT2D eigenvalue weighted by atomic mass is 9.98. The molecule has 1 aromatic rings. The SMILES string of the molecule is Cc1cc(OCCCN2CCC[C@H](C)C2)ccc1C(C)C. The molecule has 0 radical (unpaired) electrons. The quantitative estimate of drug-likeness (QED) is 0.709. The standard InChI is InChI=1S/C19H31NO/c1-15(2)19-9-8-18(13-17(19)4)21-12-6-11-20-10-5-7-16(3)14-20/h8-9,13,15-16H,5-7,10-12,14H2,1-4H3/t16-/m0/s1. The third-order valence-electron chi connectivity index (χ3n) is 4.49. The number of hydrogen-bond donors (Lipinski definition) is 0. The van der Waals surface area contributed by atoms with Gasteiger partial charge in [0, 0.05) is 13.1 Å². The Hall–Kier alpha value is -1.02. The van der Waals surface area contributed by atoms with Crippen LogP contribution in [-0.4, -0.2) is 31.1 Å². The van der Waals surface area contributed by atoms with Crippen LogP contribution in [0.1, 0.15) is 57.1 Å². The third-order valence-corrected chi connectivity index (χ3v) is 4.49. The van der Waals surface area contributed by atoms with Crippen LogP contribution in [0.15, 0.2) is 18.2 Å². The maximum Gasteiger partial charge on any atom is 0.119 e. The first kappa shape index (κ1) is 16.4. The van der Waals surface area contributed by atoms with Gasteiger partial charge in [0.25, 0.3) is 0 Å². The van der Waals surface area contributed by atoms with E-state index in [0.29, 0.717) is 5.92 Å². The molecule has 1 aromatic carbocycles. The van der Waals surface area contributed by atoms with Gasteiger partial charge < -0.3 is 9.64 Å². The van der Waals surface area contributed by atoms with Crippen molar-refractivity contribution in [3.8, 4) is 5.75 Å². The zero-order valence-electron chi connectivity index (χ0n) is 14.2. The lowest BCUT2D eigenvalue weighted by Gasteiger charge is -2.30. The summed E-state index contributed by atoms with van der Waals surface area (Å²) in [5.41, 5.74) is 2.76. The van der Waals surface area contributed by atoms with Crippen LogP contribution in [0.2, 0.25) is 0 Å². The number of ether oxygens (including phenoxy) is 1. The fourth-order valence-electron chi connectivity index (χ4n) is 3.35. The summed E-state index contributed by atoms with van der Waals surface area (Å²) in [5, 5.41) is 0. The van der Waals surface area contributed by atoms with Crippen LogP contribution in [-0.2, 0) is 0 Å². The molecule has 2 rings (SSSR count). The monoisotopic (exact) mass is 289 g/mol. The van der Waals surface area contributed by atoms with E-state index in [-0.39, 0.29) is 0 Å². The summed E-state index contributed by atoms with van der Waals surface area (Å²) < 4.78 is 5.91. The van der Waals surface area contributed by atoms with Crippen molar-refractivity contribution in [1.29, 1.82) is 0 Å². The summed E-state index contributed by atoms with van der Waals surface area (Å²) in [6, 6.07) is 6.51. The van der Waals surface area contributed by atoms with E-state index in [1.807, 2.05) is 0 Å². The second-order valence-corrected chi connectivity index (χ2v) is 6.92. The van der Waals surface area contributed by atoms with Gasteiger partial charge in [-0.25, -0.2) is 0 Å². The van der Waals surface area contributed by atoms with E-state index in [9.17, 15) is 0 Å². The lowest BCUT2D eigenvalue weighted by Crippen LogP contribution is -2.35. The van der Waals surface area contributed by atoms with Crippen molar-refractivity contribution in [2.45, 2.75) is 52.9 Å². The Morgan fingerprint density at radius 3 is 2.81 bits per heavy atom. The van der Waals surface area contributed by atoms with Crippen LogP contribution in [0.3, 0.4) is 0 Å². The molecule has 0 unspecified atom stereocenters. The van der Waals surface area contributed by atoms with Crippen LogP contribution >= 0.6 is 0 Å². The van der Waals surface area contributed by atoms with E-state index in [1.54, 1.807) is 0 Å². The molecule has 0 spiro atoms. The van der Waals surface area contributed by atoms with Crippen LogP contribution < -0.4 is 4.74 Å². The average molecular weight is 289 g/mol. The van der Waals surface area contributed by atoms with Crippen molar-refractivity contribution in [2.75, 3.05) is 26.2 Å². The smallest absolute Gasteiger partial charge is 0.119 e. The molecule has 2 heteroatoms. The maximum atomic E-state index is 5.91. The number of nitrogens with zero attached hydrogens (tertiary/aromatic N) is 1. The lowest BCUT2D eigenvalue weighted by molar-refractivity contribution is 0.170. The molecular formula is C19H31NO. The molecule has 118 valence electrons. The average Bonchev–Trinajstić information content (AvgIpc) is 2.43. The molecule has 1 saturated heterocycles. The molecule has 0 amide bonds. The van der Waals surface area contributed by atoms with Crippen molar-refractivity contribution in [3.05, 3.63) is 29.3 Å². The maximum absolute atomic E-state index is 5.91. The van der Waals surface area contributed by atoms with Crippen LogP contribution in [0.4, 0.5) is 0 Å². The molecule has 1 atom stereocenters. The van der Waals surface area contributed by atoms with E-state index < -0.39 is 0 Å². The molecule has 0 saturated carbocycles. The zero-order chi connectivity index (χ0) is 15.2. The molecule has 2 nitrogen and oxygen atoms in total. The molecule has 1 fully saturated rings. The molecule has 0 aromatic heterocycles. The molecule has 0 bridgehead atoms. The Labute approximate surface area is 130 Å². The Balaban J connectivity index is 1.72. The van der Waals surface area contributed by atoms with Crippen molar-refractivity contribution < 1.29 is 4.74 Å². The molecule has 1 aliphatic rings. The second kappa shape index (κ2) is 7.84. The van der Waals surface area contributed by atoms with Crippen molar-refractivity contribution in [1.82, 2.24) is 4.90 Å². The molecule has 1 heterocycles. The first-order chi connectivity index (χ1) is 10.1. The highest BCUT2D eigenvalue weighted by molar-refractivity contribution is 5.36. The Bertz CT molecular complexity index is 441. The summed E-state index contributed by atoms with van der Waals surface area (Å²) in [4.78, 5) is 2.59. The highest BCUT2D eigenvalue weighted by Gasteiger charge is 2.15. The van der Waals surface area contributed by atoms with E-state index in [4.69, 9.17) is 4.74 Å². The fourth-order valence-corrected chi connectivity index (χ4v) is 3.35. The minimum absolute atomic E-state index is 0.583. The van der Waals surface area contributed by atoms with E-state index >= 15 is 0 Å². The number of hydrogen-bond acceptors (Lipinski definition) is 2. The molecule has 0 aliphatic carbocycles. The van der Waals surface area contributed by atoms with Crippen molar-refractivity contribution in [3.63, 3.8) is 0 Å². The van der Waals surface area contributed by atoms with E-state index in [0.717, 1.165) is 24.7 Å². The van der Waals surface area contributed by atoms with Gasteiger partial charge in [-0.05, 0) is 67.8 Å². The summed E-state index contributed by atoms with van der Waals surface area (Å²) in [7, 11) is 0. The summed E-state index contributed by atoms with van der Waals surface area (Å²) >= 11 is 0. The summed E-state index contributed by atoms with van der Waals surface area (Å²) in [6.07, 6.45) is 3.88. The van der Waals surface area contributed by atoms with Gasteiger partial charge in [0.05, 0.1) is 6.61 Å². The molecular weight excluding hydrogens is 258 g/mol. The minimum atomic E-state index is 0.583. The zero-order valence-corrected chi connectivity index (χ0v) is 14.2. The first-order valence-corrected chi connectivity index (χ1v) is 8.52. The fraction of sp³-hybridized carbons (Fsp3) is 0.684. The summed E-state index contributed by atoms with van der Waals surface area (Å²) in [5.74, 6) is 2.47. The highest BCUT2D eigenvalue weighted by atomic mass is 16.5. The Morgan fingerprint density at radius 2 is 2.14 bits per heavy atom. The van der Waals surface area contributed by atoms with Gasteiger partial charge in [-0.1, -0.05) is 26.8 Å². The van der Waals surface area contributed by atoms with Gasteiger partial charge in [0.1, 0.15) is 5.75 Å². The minimum Gasteiger partial charge on any atom is -0.494 e. The van der Waals surface area contributed by atoms with Gasteiger partial charge in [-0.2, -0.15) is 0 Å². The van der Waals surface area contributed by atoms with Gasteiger partial charge in [-0.15, -0.1) is 0 Å². The van der Waals surface area contributed by atoms with Crippen molar-refractivity contribution >= 4 is 0 Å². The number of piperidine rings is 1. The Kier molecular flexibility index (Phi) is 6.10. The van der Waals surface area contributed by atoms with Gasteiger partial charge in [0.2, 0.25) is 0 Å². The molecule has 1 aliphatic heterocycles.